The van der Waals surface area contributed by atoms with Gasteiger partial charge in [-0.15, -0.1) is 0 Å². The van der Waals surface area contributed by atoms with E-state index in [1.54, 1.807) is 19.1 Å². The van der Waals surface area contributed by atoms with Gasteiger partial charge in [-0.3, -0.25) is 10.2 Å². The van der Waals surface area contributed by atoms with Crippen LogP contribution in [0.15, 0.2) is 22.7 Å². The number of aryl methyl sites for hydroxylation is 1. The summed E-state index contributed by atoms with van der Waals surface area (Å²) in [6, 6.07) is 5.64. The Morgan fingerprint density at radius 3 is 2.64 bits per heavy atom. The highest BCUT2D eigenvalue weighted by molar-refractivity contribution is 9.10. The average molecular weight is 257 g/mol. The van der Waals surface area contributed by atoms with E-state index in [9.17, 15) is 4.79 Å². The summed E-state index contributed by atoms with van der Waals surface area (Å²) in [4.78, 5) is 11.7. The van der Waals surface area contributed by atoms with E-state index in [0.717, 1.165) is 10.0 Å². The second kappa shape index (κ2) is 4.57. The van der Waals surface area contributed by atoms with Crippen molar-refractivity contribution in [3.63, 3.8) is 0 Å². The summed E-state index contributed by atoms with van der Waals surface area (Å²) in [5.41, 5.74) is 4.35. The third-order valence-electron chi connectivity index (χ3n) is 1.77. The highest BCUT2D eigenvalue weighted by Gasteiger charge is 2.09. The fourth-order valence-corrected chi connectivity index (χ4v) is 1.46. The Labute approximate surface area is 92.2 Å². The predicted octanol–water partition coefficient (Wildman–Crippen LogP) is 1.96. The van der Waals surface area contributed by atoms with Crippen LogP contribution in [-0.4, -0.2) is 25.0 Å². The third kappa shape index (κ3) is 2.82. The van der Waals surface area contributed by atoms with Crippen molar-refractivity contribution >= 4 is 21.8 Å². The first kappa shape index (κ1) is 11.2. The standard InChI is InChI=1S/C10H13BrN2O/c1-7-4-5-8(11)6-9(7)10(14)12-13(2)3/h4-6H,1-3H3,(H,12,14). The number of hydrogen-bond donors (Lipinski definition) is 1. The molecule has 1 aromatic carbocycles. The summed E-state index contributed by atoms with van der Waals surface area (Å²) in [6.07, 6.45) is 0. The molecule has 1 amide bonds. The minimum Gasteiger partial charge on any atom is -0.285 e. The number of benzene rings is 1. The summed E-state index contributed by atoms with van der Waals surface area (Å²) in [7, 11) is 3.57. The van der Waals surface area contributed by atoms with E-state index in [4.69, 9.17) is 0 Å². The van der Waals surface area contributed by atoms with Gasteiger partial charge in [-0.2, -0.15) is 0 Å². The molecule has 76 valence electrons. The molecule has 0 aliphatic rings. The normalized spacial score (nSPS) is 10.4. The topological polar surface area (TPSA) is 32.3 Å². The molecule has 3 nitrogen and oxygen atoms in total. The Morgan fingerprint density at radius 2 is 2.07 bits per heavy atom. The van der Waals surface area contributed by atoms with Crippen molar-refractivity contribution in [3.8, 4) is 0 Å². The van der Waals surface area contributed by atoms with E-state index in [-0.39, 0.29) is 5.91 Å². The minimum absolute atomic E-state index is 0.0891. The molecule has 0 aromatic heterocycles. The Balaban J connectivity index is 2.94. The molecule has 1 rings (SSSR count). The van der Waals surface area contributed by atoms with E-state index >= 15 is 0 Å². The van der Waals surface area contributed by atoms with E-state index in [2.05, 4.69) is 21.4 Å². The quantitative estimate of drug-likeness (QED) is 0.821. The van der Waals surface area contributed by atoms with Crippen LogP contribution in [0.1, 0.15) is 15.9 Å². The van der Waals surface area contributed by atoms with Crippen molar-refractivity contribution in [1.29, 1.82) is 0 Å². The maximum absolute atomic E-state index is 11.7. The van der Waals surface area contributed by atoms with Gasteiger partial charge in [-0.05, 0) is 24.6 Å². The van der Waals surface area contributed by atoms with Gasteiger partial charge >= 0.3 is 0 Å². The number of nitrogens with one attached hydrogen (secondary N) is 1. The molecule has 14 heavy (non-hydrogen) atoms. The lowest BCUT2D eigenvalue weighted by atomic mass is 10.1. The average Bonchev–Trinajstić information content (AvgIpc) is 2.08. The molecule has 0 aliphatic heterocycles. The number of rotatable bonds is 2. The Kier molecular flexibility index (Phi) is 3.66. The highest BCUT2D eigenvalue weighted by atomic mass is 79.9. The molecular weight excluding hydrogens is 244 g/mol. The predicted molar refractivity (Wildman–Crippen MR) is 60.0 cm³/mol. The van der Waals surface area contributed by atoms with Crippen molar-refractivity contribution in [2.24, 2.45) is 0 Å². The zero-order valence-electron chi connectivity index (χ0n) is 8.47. The molecule has 0 radical (unpaired) electrons. The Morgan fingerprint density at radius 1 is 1.43 bits per heavy atom. The molecular formula is C10H13BrN2O. The number of carbonyl (C=O) groups excluding carboxylic acids is 1. The molecule has 1 N–H and O–H groups in total. The van der Waals surface area contributed by atoms with Crippen molar-refractivity contribution in [3.05, 3.63) is 33.8 Å². The van der Waals surface area contributed by atoms with Crippen molar-refractivity contribution in [1.82, 2.24) is 10.4 Å². The van der Waals surface area contributed by atoms with Crippen molar-refractivity contribution in [2.45, 2.75) is 6.92 Å². The number of amides is 1. The monoisotopic (exact) mass is 256 g/mol. The maximum atomic E-state index is 11.7. The zero-order chi connectivity index (χ0) is 10.7. The van der Waals surface area contributed by atoms with Gasteiger partial charge in [0.05, 0.1) is 0 Å². The second-order valence-electron chi connectivity index (χ2n) is 3.29. The smallest absolute Gasteiger partial charge is 0.265 e. The first-order valence-corrected chi connectivity index (χ1v) is 5.04. The van der Waals surface area contributed by atoms with Crippen LogP contribution >= 0.6 is 15.9 Å². The second-order valence-corrected chi connectivity index (χ2v) is 4.21. The highest BCUT2D eigenvalue weighted by Crippen LogP contribution is 2.15. The Bertz CT molecular complexity index is 350. The number of nitrogens with zero attached hydrogens (tertiary/aromatic N) is 1. The lowest BCUT2D eigenvalue weighted by Crippen LogP contribution is -2.36. The van der Waals surface area contributed by atoms with E-state index in [0.29, 0.717) is 5.56 Å². The number of hydrazine groups is 1. The fourth-order valence-electron chi connectivity index (χ4n) is 1.10. The number of halogens is 1. The largest absolute Gasteiger partial charge is 0.285 e. The van der Waals surface area contributed by atoms with Crippen LogP contribution < -0.4 is 5.43 Å². The van der Waals surface area contributed by atoms with Crippen LogP contribution in [0.5, 0.6) is 0 Å². The van der Waals surface area contributed by atoms with Gasteiger partial charge in [-0.1, -0.05) is 22.0 Å². The van der Waals surface area contributed by atoms with E-state index < -0.39 is 0 Å². The summed E-state index contributed by atoms with van der Waals surface area (Å²) in [6.45, 7) is 1.91. The van der Waals surface area contributed by atoms with Crippen LogP contribution in [0.2, 0.25) is 0 Å². The Hall–Kier alpha value is -0.870. The van der Waals surface area contributed by atoms with E-state index in [1.165, 1.54) is 0 Å². The van der Waals surface area contributed by atoms with Crippen LogP contribution in [0.4, 0.5) is 0 Å². The molecule has 0 aliphatic carbocycles. The molecule has 0 fully saturated rings. The molecule has 0 heterocycles. The summed E-state index contributed by atoms with van der Waals surface area (Å²) in [5, 5.41) is 1.63. The van der Waals surface area contributed by atoms with Crippen molar-refractivity contribution in [2.75, 3.05) is 14.1 Å². The van der Waals surface area contributed by atoms with Gasteiger partial charge in [0, 0.05) is 24.1 Å². The van der Waals surface area contributed by atoms with Gasteiger partial charge in [0.25, 0.3) is 5.91 Å². The molecule has 0 saturated carbocycles. The van der Waals surface area contributed by atoms with Crippen LogP contribution in [0, 0.1) is 6.92 Å². The lowest BCUT2D eigenvalue weighted by molar-refractivity contribution is 0.0856. The SMILES string of the molecule is Cc1ccc(Br)cc1C(=O)NN(C)C. The van der Waals surface area contributed by atoms with Crippen LogP contribution in [0.3, 0.4) is 0 Å². The molecule has 0 saturated heterocycles. The van der Waals surface area contributed by atoms with Crippen LogP contribution in [0.25, 0.3) is 0 Å². The molecule has 0 spiro atoms. The molecule has 0 bridgehead atoms. The zero-order valence-corrected chi connectivity index (χ0v) is 10.1. The fraction of sp³-hybridized carbons (Fsp3) is 0.300. The third-order valence-corrected chi connectivity index (χ3v) is 2.26. The van der Waals surface area contributed by atoms with Crippen LogP contribution in [-0.2, 0) is 0 Å². The molecule has 0 unspecified atom stereocenters. The molecule has 4 heteroatoms. The van der Waals surface area contributed by atoms with Crippen molar-refractivity contribution < 1.29 is 4.79 Å². The van der Waals surface area contributed by atoms with E-state index in [1.807, 2.05) is 25.1 Å². The van der Waals surface area contributed by atoms with Gasteiger partial charge < -0.3 is 0 Å². The first-order valence-electron chi connectivity index (χ1n) is 4.25. The summed E-state index contributed by atoms with van der Waals surface area (Å²) < 4.78 is 0.909. The van der Waals surface area contributed by atoms with Gasteiger partial charge in [-0.25, -0.2) is 5.01 Å². The van der Waals surface area contributed by atoms with Gasteiger partial charge in [0.1, 0.15) is 0 Å². The van der Waals surface area contributed by atoms with Gasteiger partial charge in [0.2, 0.25) is 0 Å². The molecule has 0 atom stereocenters. The molecule has 1 aromatic rings. The maximum Gasteiger partial charge on any atom is 0.265 e. The number of carbonyl (C=O) groups is 1. The summed E-state index contributed by atoms with van der Waals surface area (Å²) >= 11 is 3.34. The number of hydrogen-bond acceptors (Lipinski definition) is 2. The van der Waals surface area contributed by atoms with Gasteiger partial charge in [0.15, 0.2) is 0 Å². The lowest BCUT2D eigenvalue weighted by Gasteiger charge is -2.13. The summed E-state index contributed by atoms with van der Waals surface area (Å²) in [5.74, 6) is -0.0891. The minimum atomic E-state index is -0.0891. The first-order chi connectivity index (χ1) is 6.50.